The highest BCUT2D eigenvalue weighted by Crippen LogP contribution is 2.41. The monoisotopic (exact) mass is 314 g/mol. The average Bonchev–Trinajstić information content (AvgIpc) is 2.52. The van der Waals surface area contributed by atoms with Crippen LogP contribution in [0.3, 0.4) is 0 Å². The highest BCUT2D eigenvalue weighted by molar-refractivity contribution is 7.16. The number of ketones is 1. The number of hydrogen-bond donors (Lipinski definition) is 0. The van der Waals surface area contributed by atoms with Gasteiger partial charge < -0.3 is 9.69 Å². The highest BCUT2D eigenvalue weighted by atomic mass is 31.0. The molecule has 0 N–H and O–H groups in total. The number of piperidine rings is 2. The minimum atomic E-state index is 0.332. The third-order valence-electron chi connectivity index (χ3n) is 5.09. The van der Waals surface area contributed by atoms with Gasteiger partial charge in [0.25, 0.3) is 0 Å². The summed E-state index contributed by atoms with van der Waals surface area (Å²) in [5.74, 6) is 0.332. The van der Waals surface area contributed by atoms with Crippen molar-refractivity contribution < 1.29 is 4.79 Å². The molecule has 0 amide bonds. The van der Waals surface area contributed by atoms with E-state index >= 15 is 0 Å². The van der Waals surface area contributed by atoms with Crippen LogP contribution in [0, 0.1) is 5.41 Å². The van der Waals surface area contributed by atoms with Crippen molar-refractivity contribution >= 4 is 15.0 Å². The number of carbonyl (C=O) groups is 1. The maximum Gasteiger partial charge on any atom is 0.129 e. The van der Waals surface area contributed by atoms with Crippen LogP contribution in [0.15, 0.2) is 0 Å². The lowest BCUT2D eigenvalue weighted by Crippen LogP contribution is -2.46. The standard InChI is InChI=1S/C15H29N2OP.C2H6/c1-14(18)3-2-8-16-9-4-15(5-10-16)6-11-17(13-19)12-7-15;1-2/h2-13,19H2,1H3;1-2H3. The zero-order chi connectivity index (χ0) is 15.7. The molecule has 0 radical (unpaired) electrons. The Morgan fingerprint density at radius 1 is 1.00 bits per heavy atom. The van der Waals surface area contributed by atoms with E-state index in [1.807, 2.05) is 13.8 Å². The van der Waals surface area contributed by atoms with Gasteiger partial charge >= 0.3 is 0 Å². The first kappa shape index (κ1) is 19.1. The van der Waals surface area contributed by atoms with E-state index in [2.05, 4.69) is 19.0 Å². The molecule has 0 aliphatic carbocycles. The second kappa shape index (κ2) is 9.92. The predicted octanol–water partition coefficient (Wildman–Crippen LogP) is 3.39. The van der Waals surface area contributed by atoms with Gasteiger partial charge in [-0.25, -0.2) is 0 Å². The van der Waals surface area contributed by atoms with Gasteiger partial charge in [0, 0.05) is 12.7 Å². The smallest absolute Gasteiger partial charge is 0.129 e. The van der Waals surface area contributed by atoms with E-state index in [-0.39, 0.29) is 0 Å². The molecule has 0 aromatic rings. The fraction of sp³-hybridized carbons (Fsp3) is 0.941. The predicted molar refractivity (Wildman–Crippen MR) is 94.8 cm³/mol. The first-order valence-electron chi connectivity index (χ1n) is 8.78. The molecular weight excluding hydrogens is 279 g/mol. The second-order valence-corrected chi connectivity index (χ2v) is 6.81. The van der Waals surface area contributed by atoms with Crippen molar-refractivity contribution in [3.05, 3.63) is 0 Å². The third kappa shape index (κ3) is 6.34. The van der Waals surface area contributed by atoms with E-state index in [1.165, 1.54) is 51.9 Å². The summed E-state index contributed by atoms with van der Waals surface area (Å²) in [5, 5.41) is 0. The molecule has 0 aromatic carbocycles. The lowest BCUT2D eigenvalue weighted by atomic mass is 9.71. The van der Waals surface area contributed by atoms with Gasteiger partial charge in [0.2, 0.25) is 0 Å². The topological polar surface area (TPSA) is 23.6 Å². The van der Waals surface area contributed by atoms with Crippen LogP contribution >= 0.6 is 9.24 Å². The highest BCUT2D eigenvalue weighted by Gasteiger charge is 2.36. The number of rotatable bonds is 5. The van der Waals surface area contributed by atoms with Crippen LogP contribution in [0.5, 0.6) is 0 Å². The number of hydrogen-bond acceptors (Lipinski definition) is 3. The van der Waals surface area contributed by atoms with Crippen molar-refractivity contribution in [3.63, 3.8) is 0 Å². The molecule has 2 fully saturated rings. The molecule has 21 heavy (non-hydrogen) atoms. The van der Waals surface area contributed by atoms with Gasteiger partial charge in [-0.05, 0) is 77.2 Å². The molecule has 1 spiro atoms. The summed E-state index contributed by atoms with van der Waals surface area (Å²) in [7, 11) is 2.85. The van der Waals surface area contributed by atoms with Crippen LogP contribution in [0.25, 0.3) is 0 Å². The Kier molecular flexibility index (Phi) is 9.01. The number of carbonyl (C=O) groups excluding carboxylic acids is 1. The molecule has 2 rings (SSSR count). The summed E-state index contributed by atoms with van der Waals surface area (Å²) in [5.41, 5.74) is 0.646. The second-order valence-electron chi connectivity index (χ2n) is 6.45. The van der Waals surface area contributed by atoms with Crippen LogP contribution in [0.4, 0.5) is 0 Å². The molecule has 1 atom stereocenters. The molecule has 0 saturated carbocycles. The molecule has 2 heterocycles. The summed E-state index contributed by atoms with van der Waals surface area (Å²) >= 11 is 0. The first-order valence-corrected chi connectivity index (χ1v) is 9.59. The van der Waals surface area contributed by atoms with Crippen LogP contribution < -0.4 is 0 Å². The fourth-order valence-electron chi connectivity index (χ4n) is 3.51. The van der Waals surface area contributed by atoms with Gasteiger partial charge in [-0.15, -0.1) is 9.24 Å². The lowest BCUT2D eigenvalue weighted by Gasteiger charge is -2.46. The molecule has 3 nitrogen and oxygen atoms in total. The molecular formula is C17H35N2OP. The summed E-state index contributed by atoms with van der Waals surface area (Å²) < 4.78 is 0. The third-order valence-corrected chi connectivity index (χ3v) is 5.61. The van der Waals surface area contributed by atoms with Gasteiger partial charge in [-0.3, -0.25) is 4.90 Å². The number of nitrogens with zero attached hydrogens (tertiary/aromatic N) is 2. The SMILES string of the molecule is CC.CC(=O)CCCN1CCC2(CCN(CP)CC2)CC1. The molecule has 2 aliphatic heterocycles. The molecule has 4 heteroatoms. The Morgan fingerprint density at radius 3 is 1.90 bits per heavy atom. The van der Waals surface area contributed by atoms with Crippen molar-refractivity contribution in [3.8, 4) is 0 Å². The van der Waals surface area contributed by atoms with E-state index in [0.29, 0.717) is 11.2 Å². The summed E-state index contributed by atoms with van der Waals surface area (Å²) in [4.78, 5) is 16.1. The van der Waals surface area contributed by atoms with Gasteiger partial charge in [0.1, 0.15) is 5.78 Å². The lowest BCUT2D eigenvalue weighted by molar-refractivity contribution is -0.117. The minimum absolute atomic E-state index is 0.332. The molecule has 2 saturated heterocycles. The Balaban J connectivity index is 0.00000106. The van der Waals surface area contributed by atoms with Gasteiger partial charge in [0.15, 0.2) is 0 Å². The Morgan fingerprint density at radius 2 is 1.48 bits per heavy atom. The fourth-order valence-corrected chi connectivity index (χ4v) is 3.88. The summed E-state index contributed by atoms with van der Waals surface area (Å²) in [6, 6.07) is 0. The maximum absolute atomic E-state index is 11.0. The van der Waals surface area contributed by atoms with Crippen LogP contribution in [0.1, 0.15) is 59.3 Å². The number of likely N-dealkylation sites (tertiary alicyclic amines) is 2. The zero-order valence-electron chi connectivity index (χ0n) is 14.4. The summed E-state index contributed by atoms with van der Waals surface area (Å²) in [6.45, 7) is 11.9. The van der Waals surface area contributed by atoms with Crippen LogP contribution in [0.2, 0.25) is 0 Å². The molecule has 124 valence electrons. The normalized spacial score (nSPS) is 22.7. The van der Waals surface area contributed by atoms with Gasteiger partial charge in [-0.1, -0.05) is 13.8 Å². The minimum Gasteiger partial charge on any atom is -0.303 e. The summed E-state index contributed by atoms with van der Waals surface area (Å²) in [6.07, 6.45) is 8.46. The Bertz CT molecular complexity index is 291. The van der Waals surface area contributed by atoms with Crippen molar-refractivity contribution in [1.82, 2.24) is 9.80 Å². The largest absolute Gasteiger partial charge is 0.303 e. The molecule has 2 aliphatic rings. The van der Waals surface area contributed by atoms with E-state index in [9.17, 15) is 4.79 Å². The van der Waals surface area contributed by atoms with Crippen LogP contribution in [-0.4, -0.2) is 54.6 Å². The van der Waals surface area contributed by atoms with E-state index in [4.69, 9.17) is 0 Å². The zero-order valence-corrected chi connectivity index (χ0v) is 15.5. The van der Waals surface area contributed by atoms with Crippen LogP contribution in [-0.2, 0) is 4.79 Å². The van der Waals surface area contributed by atoms with E-state index in [0.717, 1.165) is 25.7 Å². The molecule has 1 unspecified atom stereocenters. The van der Waals surface area contributed by atoms with Crippen molar-refractivity contribution in [2.24, 2.45) is 5.41 Å². The molecule has 0 bridgehead atoms. The average molecular weight is 314 g/mol. The van der Waals surface area contributed by atoms with Gasteiger partial charge in [-0.2, -0.15) is 0 Å². The quantitative estimate of drug-likeness (QED) is 0.727. The Labute approximate surface area is 134 Å². The van der Waals surface area contributed by atoms with Crippen molar-refractivity contribution in [2.45, 2.75) is 59.3 Å². The molecule has 0 aromatic heterocycles. The maximum atomic E-state index is 11.0. The van der Waals surface area contributed by atoms with Crippen molar-refractivity contribution in [1.29, 1.82) is 0 Å². The van der Waals surface area contributed by atoms with E-state index < -0.39 is 0 Å². The number of Topliss-reactive ketones (excluding diaryl/α,β-unsaturated/α-hetero) is 1. The first-order chi connectivity index (χ1) is 10.1. The Hall–Kier alpha value is 0.0200. The van der Waals surface area contributed by atoms with Crippen molar-refractivity contribution in [2.75, 3.05) is 39.0 Å². The van der Waals surface area contributed by atoms with Gasteiger partial charge in [0.05, 0.1) is 0 Å². The van der Waals surface area contributed by atoms with E-state index in [1.54, 1.807) is 6.92 Å².